The van der Waals surface area contributed by atoms with Crippen LogP contribution in [0.4, 0.5) is 4.79 Å². The van der Waals surface area contributed by atoms with Gasteiger partial charge in [-0.05, 0) is 51.0 Å². The summed E-state index contributed by atoms with van der Waals surface area (Å²) in [5.74, 6) is -0.231. The van der Waals surface area contributed by atoms with Gasteiger partial charge in [0.05, 0.1) is 0 Å². The first-order valence-corrected chi connectivity index (χ1v) is 9.02. The van der Waals surface area contributed by atoms with Gasteiger partial charge < -0.3 is 14.8 Å². The molecule has 1 aromatic rings. The predicted octanol–water partition coefficient (Wildman–Crippen LogP) is 3.85. The van der Waals surface area contributed by atoms with E-state index < -0.39 is 23.7 Å². The molecule has 138 valence electrons. The van der Waals surface area contributed by atoms with Crippen LogP contribution < -0.4 is 5.32 Å². The van der Waals surface area contributed by atoms with E-state index in [1.807, 2.05) is 45.9 Å². The molecule has 1 amide bonds. The molecule has 0 radical (unpaired) electrons. The third-order valence-corrected chi connectivity index (χ3v) is 4.47. The molecule has 2 atom stereocenters. The molecule has 1 saturated heterocycles. The van der Waals surface area contributed by atoms with Crippen molar-refractivity contribution in [2.45, 2.75) is 71.1 Å². The van der Waals surface area contributed by atoms with Crippen LogP contribution in [0.15, 0.2) is 30.3 Å². The number of alkyl carbamates (subject to hydrolysis) is 1. The number of carbonyl (C=O) groups is 2. The monoisotopic (exact) mass is 347 g/mol. The Morgan fingerprint density at radius 1 is 1.24 bits per heavy atom. The second-order valence-corrected chi connectivity index (χ2v) is 7.61. The van der Waals surface area contributed by atoms with Crippen LogP contribution >= 0.6 is 0 Å². The highest BCUT2D eigenvalue weighted by molar-refractivity contribution is 5.86. The number of ether oxygens (including phenoxy) is 2. The van der Waals surface area contributed by atoms with Crippen LogP contribution in [0.2, 0.25) is 0 Å². The Bertz CT molecular complexity index is 583. The molecule has 0 aliphatic carbocycles. The maximum absolute atomic E-state index is 12.1. The van der Waals surface area contributed by atoms with Gasteiger partial charge >= 0.3 is 12.1 Å². The molecule has 1 aromatic carbocycles. The van der Waals surface area contributed by atoms with Gasteiger partial charge in [0, 0.05) is 0 Å². The lowest BCUT2D eigenvalue weighted by Crippen LogP contribution is -2.62. The van der Waals surface area contributed by atoms with Crippen molar-refractivity contribution in [3.05, 3.63) is 35.9 Å². The molecular formula is C20H29NO4. The van der Waals surface area contributed by atoms with E-state index in [1.165, 1.54) is 5.56 Å². The number of hydrogen-bond acceptors (Lipinski definition) is 4. The van der Waals surface area contributed by atoms with Gasteiger partial charge in [-0.3, -0.25) is 0 Å². The molecule has 1 aliphatic heterocycles. The largest absolute Gasteiger partial charge is 0.458 e. The lowest BCUT2D eigenvalue weighted by molar-refractivity contribution is -0.181. The molecule has 2 rings (SSSR count). The number of cyclic esters (lactones) is 1. The second-order valence-electron chi connectivity index (χ2n) is 7.61. The van der Waals surface area contributed by atoms with Gasteiger partial charge in [0.25, 0.3) is 0 Å². The minimum absolute atomic E-state index is 0.161. The minimum Gasteiger partial charge on any atom is -0.458 e. The first-order valence-electron chi connectivity index (χ1n) is 9.02. The fourth-order valence-electron chi connectivity index (χ4n) is 2.98. The topological polar surface area (TPSA) is 64.6 Å². The highest BCUT2D eigenvalue weighted by Crippen LogP contribution is 2.24. The van der Waals surface area contributed by atoms with E-state index in [4.69, 9.17) is 9.47 Å². The molecule has 1 heterocycles. The number of hydrogen-bond donors (Lipinski definition) is 1. The highest BCUT2D eigenvalue weighted by Gasteiger charge is 2.45. The van der Waals surface area contributed by atoms with E-state index in [1.54, 1.807) is 0 Å². The molecule has 0 spiro atoms. The van der Waals surface area contributed by atoms with Gasteiger partial charge in [0.15, 0.2) is 6.04 Å². The van der Waals surface area contributed by atoms with Crippen molar-refractivity contribution in [3.63, 3.8) is 0 Å². The fraction of sp³-hybridized carbons (Fsp3) is 0.600. The smallest absolute Gasteiger partial charge is 0.408 e. The maximum atomic E-state index is 12.1. The maximum Gasteiger partial charge on any atom is 0.408 e. The average Bonchev–Trinajstić information content (AvgIpc) is 2.55. The van der Waals surface area contributed by atoms with Crippen LogP contribution in [0.25, 0.3) is 0 Å². The zero-order chi connectivity index (χ0) is 18.4. The first-order chi connectivity index (χ1) is 11.8. The van der Waals surface area contributed by atoms with Crippen LogP contribution in [0.3, 0.4) is 0 Å². The van der Waals surface area contributed by atoms with Crippen LogP contribution in [-0.4, -0.2) is 29.8 Å². The van der Waals surface area contributed by atoms with Gasteiger partial charge in [0.2, 0.25) is 0 Å². The van der Waals surface area contributed by atoms with Gasteiger partial charge in [-0.2, -0.15) is 0 Å². The lowest BCUT2D eigenvalue weighted by atomic mass is 9.95. The van der Waals surface area contributed by atoms with Crippen molar-refractivity contribution in [1.82, 2.24) is 5.32 Å². The van der Waals surface area contributed by atoms with Gasteiger partial charge in [-0.25, -0.2) is 9.59 Å². The number of unbranched alkanes of at least 4 members (excludes halogenated alkanes) is 1. The summed E-state index contributed by atoms with van der Waals surface area (Å²) in [6.45, 7) is 7.70. The number of nitrogens with one attached hydrogen (secondary N) is 1. The number of amides is 1. The Morgan fingerprint density at radius 3 is 2.52 bits per heavy atom. The lowest BCUT2D eigenvalue weighted by Gasteiger charge is -2.38. The number of rotatable bonds is 8. The van der Waals surface area contributed by atoms with Crippen LogP contribution in [0, 0.1) is 5.92 Å². The van der Waals surface area contributed by atoms with Gasteiger partial charge in [0.1, 0.15) is 11.7 Å². The molecule has 5 heteroatoms. The van der Waals surface area contributed by atoms with Gasteiger partial charge in [-0.1, -0.05) is 44.2 Å². The fourth-order valence-corrected chi connectivity index (χ4v) is 2.98. The molecule has 0 unspecified atom stereocenters. The SMILES string of the molecule is CC(C)[C@H]1OC(=O)[C@@H]1NC(=O)OC(C)(C)CCCCc1ccccc1. The summed E-state index contributed by atoms with van der Waals surface area (Å²) in [6, 6.07) is 9.75. The van der Waals surface area contributed by atoms with Crippen molar-refractivity contribution >= 4 is 12.1 Å². The molecule has 0 saturated carbocycles. The van der Waals surface area contributed by atoms with Crippen LogP contribution in [-0.2, 0) is 20.7 Å². The van der Waals surface area contributed by atoms with E-state index in [2.05, 4.69) is 17.4 Å². The molecule has 0 aromatic heterocycles. The third-order valence-electron chi connectivity index (χ3n) is 4.47. The van der Waals surface area contributed by atoms with Crippen molar-refractivity contribution in [2.24, 2.45) is 5.92 Å². The normalized spacial score (nSPS) is 20.0. The molecule has 0 bridgehead atoms. The Kier molecular flexibility index (Phi) is 6.45. The number of esters is 1. The Morgan fingerprint density at radius 2 is 1.92 bits per heavy atom. The standard InChI is InChI=1S/C20H29NO4/c1-14(2)17-16(18(22)24-17)21-19(23)25-20(3,4)13-9-8-12-15-10-6-5-7-11-15/h5-7,10-11,14,16-17H,8-9,12-13H2,1-4H3,(H,21,23)/t16-,17-/m1/s1. The summed E-state index contributed by atoms with van der Waals surface area (Å²) in [5, 5.41) is 2.63. The predicted molar refractivity (Wildman–Crippen MR) is 96.2 cm³/mol. The summed E-state index contributed by atoms with van der Waals surface area (Å²) in [7, 11) is 0. The average molecular weight is 347 g/mol. The first kappa shape index (κ1) is 19.3. The summed E-state index contributed by atoms with van der Waals surface area (Å²) in [5.41, 5.74) is 0.754. The zero-order valence-corrected chi connectivity index (χ0v) is 15.6. The molecule has 25 heavy (non-hydrogen) atoms. The van der Waals surface area contributed by atoms with Crippen molar-refractivity contribution < 1.29 is 19.1 Å². The minimum atomic E-state index is -0.596. The molecule has 1 fully saturated rings. The van der Waals surface area contributed by atoms with E-state index in [-0.39, 0.29) is 12.0 Å². The van der Waals surface area contributed by atoms with Gasteiger partial charge in [-0.15, -0.1) is 0 Å². The number of carbonyl (C=O) groups excluding carboxylic acids is 2. The Labute approximate surface area is 150 Å². The highest BCUT2D eigenvalue weighted by atomic mass is 16.6. The second kappa shape index (κ2) is 8.37. The molecule has 1 N–H and O–H groups in total. The molecule has 5 nitrogen and oxygen atoms in total. The van der Waals surface area contributed by atoms with E-state index in [0.717, 1.165) is 25.7 Å². The van der Waals surface area contributed by atoms with Crippen molar-refractivity contribution in [2.75, 3.05) is 0 Å². The number of aryl methyl sites for hydroxylation is 1. The van der Waals surface area contributed by atoms with E-state index in [0.29, 0.717) is 0 Å². The Balaban J connectivity index is 1.70. The molecular weight excluding hydrogens is 318 g/mol. The Hall–Kier alpha value is -2.04. The van der Waals surface area contributed by atoms with E-state index >= 15 is 0 Å². The van der Waals surface area contributed by atoms with Crippen LogP contribution in [0.1, 0.15) is 52.5 Å². The molecule has 1 aliphatic rings. The van der Waals surface area contributed by atoms with Crippen molar-refractivity contribution in [3.8, 4) is 0 Å². The summed E-state index contributed by atoms with van der Waals surface area (Å²) in [4.78, 5) is 23.6. The quantitative estimate of drug-likeness (QED) is 0.573. The third kappa shape index (κ3) is 5.76. The van der Waals surface area contributed by atoms with E-state index in [9.17, 15) is 9.59 Å². The number of benzene rings is 1. The summed E-state index contributed by atoms with van der Waals surface area (Å²) >= 11 is 0. The summed E-state index contributed by atoms with van der Waals surface area (Å²) in [6.07, 6.45) is 2.98. The zero-order valence-electron chi connectivity index (χ0n) is 15.6. The van der Waals surface area contributed by atoms with Crippen molar-refractivity contribution in [1.29, 1.82) is 0 Å². The van der Waals surface area contributed by atoms with Crippen LogP contribution in [0.5, 0.6) is 0 Å². The summed E-state index contributed by atoms with van der Waals surface area (Å²) < 4.78 is 10.6.